The second kappa shape index (κ2) is 7.82. The summed E-state index contributed by atoms with van der Waals surface area (Å²) in [5.74, 6) is 5.87. The van der Waals surface area contributed by atoms with E-state index in [0.29, 0.717) is 31.7 Å². The third kappa shape index (κ3) is 4.07. The van der Waals surface area contributed by atoms with Crippen LogP contribution in [0.5, 0.6) is 0 Å². The smallest absolute Gasteiger partial charge is 0.254 e. The lowest BCUT2D eigenvalue weighted by Crippen LogP contribution is -2.48. The van der Waals surface area contributed by atoms with Crippen molar-refractivity contribution in [2.75, 3.05) is 26.4 Å². The van der Waals surface area contributed by atoms with Gasteiger partial charge in [-0.2, -0.15) is 0 Å². The van der Waals surface area contributed by atoms with E-state index in [9.17, 15) is 4.79 Å². The molecular weight excluding hydrogens is 266 g/mol. The zero-order chi connectivity index (χ0) is 15.1. The summed E-state index contributed by atoms with van der Waals surface area (Å²) < 4.78 is 5.44. The quantitative estimate of drug-likeness (QED) is 0.860. The lowest BCUT2D eigenvalue weighted by atomic mass is 10.1. The zero-order valence-electron chi connectivity index (χ0n) is 12.3. The average Bonchev–Trinajstić information content (AvgIpc) is 2.54. The highest BCUT2D eigenvalue weighted by Gasteiger charge is 2.26. The van der Waals surface area contributed by atoms with Crippen LogP contribution < -0.4 is 0 Å². The Morgan fingerprint density at radius 1 is 1.52 bits per heavy atom. The molecule has 1 aliphatic heterocycles. The van der Waals surface area contributed by atoms with Gasteiger partial charge in [-0.1, -0.05) is 24.8 Å². The highest BCUT2D eigenvalue weighted by atomic mass is 16.5. The maximum absolute atomic E-state index is 12.6. The van der Waals surface area contributed by atoms with E-state index in [-0.39, 0.29) is 18.6 Å². The van der Waals surface area contributed by atoms with Crippen molar-refractivity contribution in [1.29, 1.82) is 0 Å². The number of benzene rings is 1. The van der Waals surface area contributed by atoms with Gasteiger partial charge in [0.05, 0.1) is 25.9 Å². The van der Waals surface area contributed by atoms with E-state index in [2.05, 4.69) is 18.8 Å². The minimum absolute atomic E-state index is 0.0379. The van der Waals surface area contributed by atoms with Crippen molar-refractivity contribution >= 4 is 5.91 Å². The number of hydrogen-bond acceptors (Lipinski definition) is 3. The summed E-state index contributed by atoms with van der Waals surface area (Å²) in [6.45, 7) is 3.96. The van der Waals surface area contributed by atoms with Crippen LogP contribution >= 0.6 is 0 Å². The molecule has 112 valence electrons. The first kappa shape index (κ1) is 15.6. The van der Waals surface area contributed by atoms with Gasteiger partial charge in [-0.15, -0.1) is 0 Å². The predicted octanol–water partition coefficient (Wildman–Crippen LogP) is 1.67. The Morgan fingerprint density at radius 3 is 3.14 bits per heavy atom. The molecule has 1 unspecified atom stereocenters. The van der Waals surface area contributed by atoms with Gasteiger partial charge in [0.1, 0.15) is 0 Å². The maximum atomic E-state index is 12.6. The number of aliphatic hydroxyl groups is 1. The number of aliphatic hydroxyl groups excluding tert-OH is 1. The van der Waals surface area contributed by atoms with E-state index >= 15 is 0 Å². The Labute approximate surface area is 125 Å². The molecule has 1 heterocycles. The van der Waals surface area contributed by atoms with Crippen LogP contribution in [0.1, 0.15) is 35.7 Å². The summed E-state index contributed by atoms with van der Waals surface area (Å²) in [5, 5.41) is 8.74. The molecule has 21 heavy (non-hydrogen) atoms. The number of hydrogen-bond donors (Lipinski definition) is 1. The van der Waals surface area contributed by atoms with Gasteiger partial charge in [0.15, 0.2) is 0 Å². The maximum Gasteiger partial charge on any atom is 0.254 e. The van der Waals surface area contributed by atoms with Gasteiger partial charge in [-0.05, 0) is 24.6 Å². The third-order valence-corrected chi connectivity index (χ3v) is 3.54. The Kier molecular flexibility index (Phi) is 5.79. The normalized spacial score (nSPS) is 18.0. The summed E-state index contributed by atoms with van der Waals surface area (Å²) in [6, 6.07) is 7.50. The highest BCUT2D eigenvalue weighted by Crippen LogP contribution is 2.15. The molecule has 1 N–H and O–H groups in total. The zero-order valence-corrected chi connectivity index (χ0v) is 12.3. The van der Waals surface area contributed by atoms with Crippen molar-refractivity contribution in [3.63, 3.8) is 0 Å². The summed E-state index contributed by atoms with van der Waals surface area (Å²) in [4.78, 5) is 14.5. The first-order valence-corrected chi connectivity index (χ1v) is 7.34. The van der Waals surface area contributed by atoms with Gasteiger partial charge in [-0.25, -0.2) is 0 Å². The fraction of sp³-hybridized carbons (Fsp3) is 0.471. The molecule has 1 fully saturated rings. The molecule has 1 aliphatic rings. The van der Waals surface area contributed by atoms with Gasteiger partial charge >= 0.3 is 0 Å². The minimum atomic E-state index is 0.0379. The molecule has 0 radical (unpaired) electrons. The van der Waals surface area contributed by atoms with Crippen LogP contribution in [0.15, 0.2) is 24.3 Å². The fourth-order valence-electron chi connectivity index (χ4n) is 2.38. The van der Waals surface area contributed by atoms with E-state index in [1.54, 1.807) is 0 Å². The summed E-state index contributed by atoms with van der Waals surface area (Å²) in [7, 11) is 0. The average molecular weight is 287 g/mol. The first-order valence-electron chi connectivity index (χ1n) is 7.34. The van der Waals surface area contributed by atoms with Crippen molar-refractivity contribution < 1.29 is 14.6 Å². The van der Waals surface area contributed by atoms with Crippen LogP contribution in [0, 0.1) is 11.8 Å². The molecule has 0 bridgehead atoms. The van der Waals surface area contributed by atoms with Gasteiger partial charge < -0.3 is 14.7 Å². The summed E-state index contributed by atoms with van der Waals surface area (Å²) in [6.07, 6.45) is 1.33. The topological polar surface area (TPSA) is 49.8 Å². The number of amides is 1. The number of nitrogens with zero attached hydrogens (tertiary/aromatic N) is 1. The monoisotopic (exact) mass is 287 g/mol. The van der Waals surface area contributed by atoms with Crippen LogP contribution in [0.2, 0.25) is 0 Å². The standard InChI is InChI=1S/C17H21NO3/c1-2-16-13-21-11-9-18(16)17(20)15-8-5-7-14(12-15)6-3-4-10-19/h5,7-8,12,16,19H,2,4,9-11,13H2,1H3. The molecule has 0 saturated carbocycles. The molecule has 1 amide bonds. The van der Waals surface area contributed by atoms with E-state index in [4.69, 9.17) is 9.84 Å². The molecule has 2 rings (SSSR count). The van der Waals surface area contributed by atoms with Crippen molar-refractivity contribution in [1.82, 2.24) is 4.90 Å². The first-order chi connectivity index (χ1) is 10.3. The lowest BCUT2D eigenvalue weighted by Gasteiger charge is -2.35. The second-order valence-corrected chi connectivity index (χ2v) is 4.99. The molecule has 4 heteroatoms. The van der Waals surface area contributed by atoms with Crippen molar-refractivity contribution in [3.05, 3.63) is 35.4 Å². The molecule has 1 saturated heterocycles. The molecular formula is C17H21NO3. The number of rotatable bonds is 3. The van der Waals surface area contributed by atoms with Crippen LogP contribution in [0.4, 0.5) is 0 Å². The number of carbonyl (C=O) groups excluding carboxylic acids is 1. The van der Waals surface area contributed by atoms with E-state index < -0.39 is 0 Å². The molecule has 1 aromatic carbocycles. The largest absolute Gasteiger partial charge is 0.395 e. The van der Waals surface area contributed by atoms with Gasteiger partial charge in [0.25, 0.3) is 5.91 Å². The van der Waals surface area contributed by atoms with Gasteiger partial charge in [-0.3, -0.25) is 4.79 Å². The molecule has 1 atom stereocenters. The van der Waals surface area contributed by atoms with Crippen LogP contribution in [0.3, 0.4) is 0 Å². The number of morpholine rings is 1. The molecule has 0 aromatic heterocycles. The number of ether oxygens (including phenoxy) is 1. The van der Waals surface area contributed by atoms with Crippen molar-refractivity contribution in [3.8, 4) is 11.8 Å². The van der Waals surface area contributed by atoms with E-state index in [1.807, 2.05) is 29.2 Å². The number of carbonyl (C=O) groups is 1. The predicted molar refractivity (Wildman–Crippen MR) is 81.0 cm³/mol. The Morgan fingerprint density at radius 2 is 2.38 bits per heavy atom. The van der Waals surface area contributed by atoms with Crippen LogP contribution in [0.25, 0.3) is 0 Å². The molecule has 0 spiro atoms. The van der Waals surface area contributed by atoms with Crippen LogP contribution in [-0.4, -0.2) is 48.3 Å². The van der Waals surface area contributed by atoms with E-state index in [1.165, 1.54) is 0 Å². The Bertz CT molecular complexity index is 544. The third-order valence-electron chi connectivity index (χ3n) is 3.54. The SMILES string of the molecule is CCC1COCCN1C(=O)c1cccc(C#CCCO)c1. The Balaban J connectivity index is 2.15. The minimum Gasteiger partial charge on any atom is -0.395 e. The second-order valence-electron chi connectivity index (χ2n) is 4.99. The van der Waals surface area contributed by atoms with Gasteiger partial charge in [0.2, 0.25) is 0 Å². The molecule has 0 aliphatic carbocycles. The van der Waals surface area contributed by atoms with Crippen LogP contribution in [-0.2, 0) is 4.74 Å². The lowest BCUT2D eigenvalue weighted by molar-refractivity contribution is -0.00279. The van der Waals surface area contributed by atoms with Crippen molar-refractivity contribution in [2.24, 2.45) is 0 Å². The Hall–Kier alpha value is -1.83. The highest BCUT2D eigenvalue weighted by molar-refractivity contribution is 5.94. The van der Waals surface area contributed by atoms with Gasteiger partial charge in [0, 0.05) is 24.1 Å². The van der Waals surface area contributed by atoms with E-state index in [0.717, 1.165) is 12.0 Å². The summed E-state index contributed by atoms with van der Waals surface area (Å²) >= 11 is 0. The summed E-state index contributed by atoms with van der Waals surface area (Å²) in [5.41, 5.74) is 1.46. The molecule has 4 nitrogen and oxygen atoms in total. The fourth-order valence-corrected chi connectivity index (χ4v) is 2.38. The van der Waals surface area contributed by atoms with Crippen molar-refractivity contribution in [2.45, 2.75) is 25.8 Å². The molecule has 1 aromatic rings.